The average Bonchev–Trinajstić information content (AvgIpc) is 2.98. The summed E-state index contributed by atoms with van der Waals surface area (Å²) < 4.78 is 42.1. The molecule has 0 atom stereocenters. The lowest BCUT2D eigenvalue weighted by Gasteiger charge is -2.00. The number of carbonyl (C=O) groups excluding carboxylic acids is 2. The van der Waals surface area contributed by atoms with Gasteiger partial charge in [0.25, 0.3) is 0 Å². The minimum absolute atomic E-state index is 0.208. The molecule has 1 aromatic carbocycles. The fourth-order valence-electron chi connectivity index (χ4n) is 1.66. The number of carboxylic acids is 1. The topological polar surface area (TPSA) is 119 Å². The van der Waals surface area contributed by atoms with Gasteiger partial charge in [0.2, 0.25) is 21.4 Å². The summed E-state index contributed by atoms with van der Waals surface area (Å²) >= 11 is 0. The summed E-state index contributed by atoms with van der Waals surface area (Å²) in [6.07, 6.45) is -0.157. The molecule has 0 spiro atoms. The lowest BCUT2D eigenvalue weighted by atomic mass is 10.2. The van der Waals surface area contributed by atoms with Crippen LogP contribution in [-0.4, -0.2) is 31.1 Å². The molecule has 9 heteroatoms. The molecule has 2 aromatic rings. The van der Waals surface area contributed by atoms with Crippen molar-refractivity contribution >= 4 is 27.4 Å². The van der Waals surface area contributed by atoms with Gasteiger partial charge in [-0.25, -0.2) is 17.6 Å². The van der Waals surface area contributed by atoms with Gasteiger partial charge in [-0.05, 0) is 24.3 Å². The number of aliphatic carboxylic acids is 1. The van der Waals surface area contributed by atoms with E-state index in [2.05, 4.69) is 0 Å². The summed E-state index contributed by atoms with van der Waals surface area (Å²) in [6, 6.07) is 4.91. The van der Waals surface area contributed by atoms with Gasteiger partial charge in [-0.15, -0.1) is 0 Å². The third kappa shape index (κ3) is 3.51. The molecule has 0 radical (unpaired) electrons. The second-order valence-corrected chi connectivity index (χ2v) is 6.38. The van der Waals surface area contributed by atoms with Crippen LogP contribution in [0.3, 0.4) is 0 Å². The van der Waals surface area contributed by atoms with Crippen LogP contribution >= 0.6 is 0 Å². The first-order chi connectivity index (χ1) is 10.7. The Morgan fingerprint density at radius 1 is 1.09 bits per heavy atom. The molecule has 0 bridgehead atoms. The molecule has 7 nitrogen and oxygen atoms in total. The lowest BCUT2D eigenvalue weighted by Crippen LogP contribution is -2.16. The van der Waals surface area contributed by atoms with E-state index in [1.807, 2.05) is 0 Å². The van der Waals surface area contributed by atoms with Crippen molar-refractivity contribution in [3.8, 4) is 0 Å². The molecule has 0 saturated heterocycles. The number of hydrogen-bond acceptors (Lipinski definition) is 6. The zero-order valence-corrected chi connectivity index (χ0v) is 12.2. The second-order valence-electron chi connectivity index (χ2n) is 4.43. The first-order valence-corrected chi connectivity index (χ1v) is 7.58. The van der Waals surface area contributed by atoms with Gasteiger partial charge in [0.1, 0.15) is 17.0 Å². The van der Waals surface area contributed by atoms with Crippen LogP contribution in [-0.2, 0) is 19.4 Å². The highest BCUT2D eigenvalue weighted by atomic mass is 32.2. The Balaban J connectivity index is 2.28. The Hall–Kier alpha value is -2.81. The maximum atomic E-state index is 12.8. The standard InChI is InChI=1S/C14H9FO7S/c15-8-1-3-9(4-2-8)23(20,21)10-5-13(22-7-10)11(16)6-12(17)14(18)19/h1-5,7H,6H2,(H,18,19). The smallest absolute Gasteiger partial charge is 0.372 e. The van der Waals surface area contributed by atoms with E-state index >= 15 is 0 Å². The summed E-state index contributed by atoms with van der Waals surface area (Å²) in [4.78, 5) is 32.4. The highest BCUT2D eigenvalue weighted by Gasteiger charge is 2.25. The Labute approximate surface area is 129 Å². The largest absolute Gasteiger partial charge is 0.475 e. The van der Waals surface area contributed by atoms with Gasteiger partial charge in [0.15, 0.2) is 5.76 Å². The SMILES string of the molecule is O=C(O)C(=O)CC(=O)c1cc(S(=O)(=O)c2ccc(F)cc2)co1. The molecule has 120 valence electrons. The van der Waals surface area contributed by atoms with Crippen LogP contribution < -0.4 is 0 Å². The lowest BCUT2D eigenvalue weighted by molar-refractivity contribution is -0.148. The predicted octanol–water partition coefficient (Wildman–Crippen LogP) is 1.48. The van der Waals surface area contributed by atoms with Crippen LogP contribution in [0.2, 0.25) is 0 Å². The molecule has 0 saturated carbocycles. The van der Waals surface area contributed by atoms with Crippen molar-refractivity contribution in [2.75, 3.05) is 0 Å². The van der Waals surface area contributed by atoms with E-state index in [9.17, 15) is 27.2 Å². The van der Waals surface area contributed by atoms with Crippen molar-refractivity contribution in [3.63, 3.8) is 0 Å². The molecule has 1 heterocycles. The average molecular weight is 340 g/mol. The molecule has 0 unspecified atom stereocenters. The number of Topliss-reactive ketones (excluding diaryl/α,β-unsaturated/α-hetero) is 2. The zero-order chi connectivity index (χ0) is 17.2. The van der Waals surface area contributed by atoms with Gasteiger partial charge in [0.05, 0.1) is 11.3 Å². The number of furan rings is 1. The number of sulfone groups is 1. The Morgan fingerprint density at radius 2 is 1.70 bits per heavy atom. The molecule has 2 rings (SSSR count). The number of carbonyl (C=O) groups is 3. The number of hydrogen-bond donors (Lipinski definition) is 1. The zero-order valence-electron chi connectivity index (χ0n) is 11.4. The van der Waals surface area contributed by atoms with E-state index in [-0.39, 0.29) is 9.79 Å². The monoisotopic (exact) mass is 340 g/mol. The van der Waals surface area contributed by atoms with Crippen LogP contribution in [0.25, 0.3) is 0 Å². The van der Waals surface area contributed by atoms with Gasteiger partial charge in [0, 0.05) is 6.07 Å². The van der Waals surface area contributed by atoms with Crippen molar-refractivity contribution in [2.45, 2.75) is 16.2 Å². The molecule has 1 N–H and O–H groups in total. The molecular formula is C14H9FO7S. The minimum Gasteiger partial charge on any atom is -0.475 e. The van der Waals surface area contributed by atoms with Gasteiger partial charge < -0.3 is 9.52 Å². The molecule has 23 heavy (non-hydrogen) atoms. The van der Waals surface area contributed by atoms with Crippen LogP contribution in [0.5, 0.6) is 0 Å². The van der Waals surface area contributed by atoms with Crippen molar-refractivity contribution < 1.29 is 36.7 Å². The summed E-state index contributed by atoms with van der Waals surface area (Å²) in [6.45, 7) is 0. The van der Waals surface area contributed by atoms with Gasteiger partial charge in [-0.1, -0.05) is 0 Å². The van der Waals surface area contributed by atoms with E-state index < -0.39 is 45.4 Å². The third-order valence-corrected chi connectivity index (χ3v) is 4.57. The molecular weight excluding hydrogens is 331 g/mol. The number of carboxylic acid groups (broad SMARTS) is 1. The van der Waals surface area contributed by atoms with E-state index in [4.69, 9.17) is 9.52 Å². The van der Waals surface area contributed by atoms with Gasteiger partial charge >= 0.3 is 5.97 Å². The molecule has 0 aliphatic carbocycles. The predicted molar refractivity (Wildman–Crippen MR) is 72.2 cm³/mol. The van der Waals surface area contributed by atoms with Crippen molar-refractivity contribution in [2.24, 2.45) is 0 Å². The third-order valence-electron chi connectivity index (χ3n) is 2.84. The first kappa shape index (κ1) is 16.6. The second kappa shape index (κ2) is 6.13. The van der Waals surface area contributed by atoms with E-state index in [0.29, 0.717) is 0 Å². The highest BCUT2D eigenvalue weighted by molar-refractivity contribution is 7.91. The van der Waals surface area contributed by atoms with E-state index in [1.54, 1.807) is 0 Å². The molecule has 0 aliphatic rings. The fourth-order valence-corrected chi connectivity index (χ4v) is 2.87. The number of ketones is 2. The van der Waals surface area contributed by atoms with Gasteiger partial charge in [-0.3, -0.25) is 9.59 Å². The summed E-state index contributed by atoms with van der Waals surface area (Å²) in [5, 5.41) is 8.42. The quantitative estimate of drug-likeness (QED) is 0.366. The van der Waals surface area contributed by atoms with E-state index in [0.717, 1.165) is 36.6 Å². The van der Waals surface area contributed by atoms with Crippen molar-refractivity contribution in [1.82, 2.24) is 0 Å². The van der Waals surface area contributed by atoms with Crippen LogP contribution in [0.15, 0.2) is 50.8 Å². The Kier molecular flexibility index (Phi) is 4.41. The van der Waals surface area contributed by atoms with Crippen molar-refractivity contribution in [1.29, 1.82) is 0 Å². The maximum Gasteiger partial charge on any atom is 0.372 e. The van der Waals surface area contributed by atoms with Gasteiger partial charge in [-0.2, -0.15) is 0 Å². The van der Waals surface area contributed by atoms with Crippen molar-refractivity contribution in [3.05, 3.63) is 48.2 Å². The molecule has 0 fully saturated rings. The summed E-state index contributed by atoms with van der Waals surface area (Å²) in [5.74, 6) is -5.14. The summed E-state index contributed by atoms with van der Waals surface area (Å²) in [7, 11) is -4.03. The first-order valence-electron chi connectivity index (χ1n) is 6.10. The number of halogens is 1. The highest BCUT2D eigenvalue weighted by Crippen LogP contribution is 2.23. The van der Waals surface area contributed by atoms with Crippen LogP contribution in [0, 0.1) is 5.82 Å². The molecule has 0 aliphatic heterocycles. The summed E-state index contributed by atoms with van der Waals surface area (Å²) in [5.41, 5.74) is 0. The van der Waals surface area contributed by atoms with E-state index in [1.165, 1.54) is 0 Å². The Morgan fingerprint density at radius 3 is 2.26 bits per heavy atom. The minimum atomic E-state index is -4.03. The number of rotatable bonds is 6. The molecule has 0 amide bonds. The molecule has 1 aromatic heterocycles. The number of benzene rings is 1. The Bertz CT molecular complexity index is 878. The maximum absolute atomic E-state index is 12.8. The fraction of sp³-hybridized carbons (Fsp3) is 0.0714. The normalized spacial score (nSPS) is 11.2. The van der Waals surface area contributed by atoms with Crippen LogP contribution in [0.4, 0.5) is 4.39 Å². The van der Waals surface area contributed by atoms with Crippen LogP contribution in [0.1, 0.15) is 17.0 Å².